The first kappa shape index (κ1) is 22.7. The minimum Gasteiger partial charge on any atom is -0.336 e. The summed E-state index contributed by atoms with van der Waals surface area (Å²) < 4.78 is 2.09. The lowest BCUT2D eigenvalue weighted by molar-refractivity contribution is -0.135. The zero-order valence-electron chi connectivity index (χ0n) is 18.4. The maximum Gasteiger partial charge on any atom is 0.233 e. The van der Waals surface area contributed by atoms with Gasteiger partial charge in [0.25, 0.3) is 0 Å². The van der Waals surface area contributed by atoms with Crippen LogP contribution in [0.3, 0.4) is 0 Å². The van der Waals surface area contributed by atoms with E-state index in [-0.39, 0.29) is 5.91 Å². The quantitative estimate of drug-likeness (QED) is 0.461. The van der Waals surface area contributed by atoms with E-state index in [1.54, 1.807) is 0 Å². The minimum absolute atomic E-state index is 0.280. The van der Waals surface area contributed by atoms with Gasteiger partial charge in [0.05, 0.1) is 5.75 Å². The second-order valence-corrected chi connectivity index (χ2v) is 10.1. The molecular weight excluding hydrogens is 428 g/mol. The molecule has 2 aliphatic carbocycles. The van der Waals surface area contributed by atoms with Crippen LogP contribution in [-0.2, 0) is 11.3 Å². The van der Waals surface area contributed by atoms with Gasteiger partial charge in [-0.3, -0.25) is 4.79 Å². The Labute approximate surface area is 194 Å². The van der Waals surface area contributed by atoms with Gasteiger partial charge in [-0.25, -0.2) is 0 Å². The van der Waals surface area contributed by atoms with E-state index in [2.05, 4.69) is 26.6 Å². The largest absolute Gasteiger partial charge is 0.336 e. The van der Waals surface area contributed by atoms with E-state index in [0.29, 0.717) is 22.9 Å². The molecule has 0 radical (unpaired) electrons. The Balaban J connectivity index is 1.47. The molecule has 2 saturated carbocycles. The zero-order valence-corrected chi connectivity index (χ0v) is 20.0. The number of thioether (sulfide) groups is 1. The molecule has 31 heavy (non-hydrogen) atoms. The normalized spacial score (nSPS) is 18.3. The fourth-order valence-electron chi connectivity index (χ4n) is 5.12. The molecule has 1 aromatic heterocycles. The van der Waals surface area contributed by atoms with Gasteiger partial charge in [0.1, 0.15) is 0 Å². The van der Waals surface area contributed by atoms with Gasteiger partial charge in [0, 0.05) is 29.2 Å². The summed E-state index contributed by atoms with van der Waals surface area (Å²) >= 11 is 7.56. The Morgan fingerprint density at radius 2 is 1.58 bits per heavy atom. The number of rotatable bonds is 7. The van der Waals surface area contributed by atoms with E-state index < -0.39 is 0 Å². The summed E-state index contributed by atoms with van der Waals surface area (Å²) in [4.78, 5) is 15.8. The molecule has 0 aliphatic heterocycles. The first-order valence-corrected chi connectivity index (χ1v) is 13.2. The number of amides is 1. The molecule has 0 spiro atoms. The molecular formula is C24H33ClN4OS. The summed E-state index contributed by atoms with van der Waals surface area (Å²) in [5, 5.41) is 10.3. The van der Waals surface area contributed by atoms with Gasteiger partial charge in [-0.05, 0) is 56.9 Å². The lowest BCUT2D eigenvalue weighted by Crippen LogP contribution is -2.49. The molecule has 2 aromatic rings. The van der Waals surface area contributed by atoms with Crippen molar-refractivity contribution in [2.45, 2.75) is 94.9 Å². The third-order valence-corrected chi connectivity index (χ3v) is 7.89. The van der Waals surface area contributed by atoms with Crippen molar-refractivity contribution in [2.75, 3.05) is 5.75 Å². The average molecular weight is 461 g/mol. The maximum atomic E-state index is 13.5. The van der Waals surface area contributed by atoms with Crippen LogP contribution in [0, 0.1) is 0 Å². The number of carbonyl (C=O) groups is 1. The summed E-state index contributed by atoms with van der Waals surface area (Å²) in [6.45, 7) is 2.85. The van der Waals surface area contributed by atoms with Gasteiger partial charge in [-0.15, -0.1) is 10.2 Å². The molecule has 1 heterocycles. The number of carbonyl (C=O) groups excluding carboxylic acids is 1. The van der Waals surface area contributed by atoms with Crippen LogP contribution >= 0.6 is 23.4 Å². The molecule has 1 amide bonds. The Morgan fingerprint density at radius 3 is 2.13 bits per heavy atom. The van der Waals surface area contributed by atoms with Crippen molar-refractivity contribution in [3.8, 4) is 11.4 Å². The lowest BCUT2D eigenvalue weighted by Gasteiger charge is -2.41. The van der Waals surface area contributed by atoms with Gasteiger partial charge in [0.15, 0.2) is 11.0 Å². The van der Waals surface area contributed by atoms with Crippen LogP contribution in [0.5, 0.6) is 0 Å². The SMILES string of the molecule is CCn1c(SCC(=O)N(C2CCCCC2)C2CCCCC2)nnc1-c1ccc(Cl)cc1. The van der Waals surface area contributed by atoms with Crippen LogP contribution in [0.1, 0.15) is 71.1 Å². The minimum atomic E-state index is 0.280. The first-order valence-electron chi connectivity index (χ1n) is 11.8. The van der Waals surface area contributed by atoms with Crippen LogP contribution in [0.2, 0.25) is 5.02 Å². The number of benzene rings is 1. The number of nitrogens with zero attached hydrogens (tertiary/aromatic N) is 4. The van der Waals surface area contributed by atoms with E-state index in [9.17, 15) is 4.79 Å². The summed E-state index contributed by atoms with van der Waals surface area (Å²) in [7, 11) is 0. The number of halogens is 1. The highest BCUT2D eigenvalue weighted by Crippen LogP contribution is 2.32. The zero-order chi connectivity index (χ0) is 21.6. The highest BCUT2D eigenvalue weighted by Gasteiger charge is 2.32. The molecule has 0 N–H and O–H groups in total. The number of hydrogen-bond acceptors (Lipinski definition) is 4. The molecule has 1 aromatic carbocycles. The van der Waals surface area contributed by atoms with Crippen molar-refractivity contribution >= 4 is 29.3 Å². The smallest absolute Gasteiger partial charge is 0.233 e. The predicted molar refractivity (Wildman–Crippen MR) is 127 cm³/mol. The Kier molecular flexibility index (Phi) is 7.94. The highest BCUT2D eigenvalue weighted by atomic mass is 35.5. The van der Waals surface area contributed by atoms with Crippen molar-refractivity contribution in [3.63, 3.8) is 0 Å². The Hall–Kier alpha value is -1.53. The molecule has 0 bridgehead atoms. The maximum absolute atomic E-state index is 13.5. The molecule has 2 fully saturated rings. The average Bonchev–Trinajstić information content (AvgIpc) is 3.23. The second-order valence-electron chi connectivity index (χ2n) is 8.73. The summed E-state index contributed by atoms with van der Waals surface area (Å²) in [5.74, 6) is 1.54. The molecule has 168 valence electrons. The molecule has 7 heteroatoms. The van der Waals surface area contributed by atoms with Crippen LogP contribution in [0.15, 0.2) is 29.4 Å². The third-order valence-electron chi connectivity index (χ3n) is 6.68. The van der Waals surface area contributed by atoms with Crippen LogP contribution in [0.4, 0.5) is 0 Å². The van der Waals surface area contributed by atoms with Crippen molar-refractivity contribution in [2.24, 2.45) is 0 Å². The van der Waals surface area contributed by atoms with Gasteiger partial charge in [-0.1, -0.05) is 61.9 Å². The van der Waals surface area contributed by atoms with E-state index >= 15 is 0 Å². The predicted octanol–water partition coefficient (Wildman–Crippen LogP) is 6.20. The topological polar surface area (TPSA) is 51.0 Å². The number of aromatic nitrogens is 3. The van der Waals surface area contributed by atoms with Gasteiger partial charge in [0.2, 0.25) is 5.91 Å². The Morgan fingerprint density at radius 1 is 1.00 bits per heavy atom. The number of hydrogen-bond donors (Lipinski definition) is 0. The van der Waals surface area contributed by atoms with E-state index in [1.807, 2.05) is 24.3 Å². The standard InChI is InChI=1S/C24H33ClN4OS/c1-2-28-23(18-13-15-19(25)16-14-18)26-27-24(28)31-17-22(30)29(20-9-5-3-6-10-20)21-11-7-4-8-12-21/h13-16,20-21H,2-12,17H2,1H3. The summed E-state index contributed by atoms with van der Waals surface area (Å²) in [6, 6.07) is 8.53. The van der Waals surface area contributed by atoms with Crippen molar-refractivity contribution in [1.29, 1.82) is 0 Å². The van der Waals surface area contributed by atoms with Crippen LogP contribution in [0.25, 0.3) is 11.4 Å². The van der Waals surface area contributed by atoms with Crippen LogP contribution in [-0.4, -0.2) is 43.4 Å². The van der Waals surface area contributed by atoms with Gasteiger partial charge >= 0.3 is 0 Å². The van der Waals surface area contributed by atoms with Gasteiger partial charge in [-0.2, -0.15) is 0 Å². The molecule has 5 nitrogen and oxygen atoms in total. The Bertz CT molecular complexity index is 839. The van der Waals surface area contributed by atoms with Crippen molar-refractivity contribution in [3.05, 3.63) is 29.3 Å². The first-order chi connectivity index (χ1) is 15.2. The molecule has 0 atom stereocenters. The highest BCUT2D eigenvalue weighted by molar-refractivity contribution is 7.99. The van der Waals surface area contributed by atoms with E-state index in [4.69, 9.17) is 11.6 Å². The molecule has 0 unspecified atom stereocenters. The summed E-state index contributed by atoms with van der Waals surface area (Å²) in [5.41, 5.74) is 0.989. The third kappa shape index (κ3) is 5.46. The molecule has 4 rings (SSSR count). The van der Waals surface area contributed by atoms with Gasteiger partial charge < -0.3 is 9.47 Å². The monoisotopic (exact) mass is 460 g/mol. The van der Waals surface area contributed by atoms with E-state index in [0.717, 1.165) is 23.1 Å². The second kappa shape index (κ2) is 10.9. The van der Waals surface area contributed by atoms with Crippen LogP contribution < -0.4 is 0 Å². The fourth-order valence-corrected chi connectivity index (χ4v) is 6.12. The summed E-state index contributed by atoms with van der Waals surface area (Å²) in [6.07, 6.45) is 12.3. The van der Waals surface area contributed by atoms with E-state index in [1.165, 1.54) is 76.0 Å². The molecule has 2 aliphatic rings. The van der Waals surface area contributed by atoms with Crippen molar-refractivity contribution in [1.82, 2.24) is 19.7 Å². The fraction of sp³-hybridized carbons (Fsp3) is 0.625. The lowest BCUT2D eigenvalue weighted by atomic mass is 9.88. The van der Waals surface area contributed by atoms with Crippen molar-refractivity contribution < 1.29 is 4.79 Å². The molecule has 0 saturated heterocycles.